The SMILES string of the molecule is Cc1cc(C)cc(CSc2ccc(CO)cc2Br)c1. The van der Waals surface area contributed by atoms with Crippen LogP contribution in [0.1, 0.15) is 22.3 Å². The Balaban J connectivity index is 2.10. The highest BCUT2D eigenvalue weighted by atomic mass is 79.9. The maximum absolute atomic E-state index is 9.09. The van der Waals surface area contributed by atoms with E-state index in [1.807, 2.05) is 23.9 Å². The summed E-state index contributed by atoms with van der Waals surface area (Å²) in [5.74, 6) is 0.958. The minimum absolute atomic E-state index is 0.0839. The Labute approximate surface area is 127 Å². The van der Waals surface area contributed by atoms with Crippen LogP contribution in [0.4, 0.5) is 0 Å². The second-order valence-electron chi connectivity index (χ2n) is 4.71. The van der Waals surface area contributed by atoms with E-state index in [9.17, 15) is 0 Å². The molecule has 0 aliphatic heterocycles. The number of benzene rings is 2. The Morgan fingerprint density at radius 1 is 1.00 bits per heavy atom. The zero-order valence-electron chi connectivity index (χ0n) is 11.1. The van der Waals surface area contributed by atoms with Crippen molar-refractivity contribution in [2.45, 2.75) is 31.1 Å². The summed E-state index contributed by atoms with van der Waals surface area (Å²) in [5, 5.41) is 9.09. The molecule has 0 bridgehead atoms. The lowest BCUT2D eigenvalue weighted by atomic mass is 10.1. The van der Waals surface area contributed by atoms with Crippen LogP contribution in [0, 0.1) is 13.8 Å². The van der Waals surface area contributed by atoms with E-state index in [2.05, 4.69) is 54.0 Å². The van der Waals surface area contributed by atoms with Gasteiger partial charge in [0.1, 0.15) is 0 Å². The molecule has 1 N–H and O–H groups in total. The van der Waals surface area contributed by atoms with E-state index in [0.29, 0.717) is 0 Å². The van der Waals surface area contributed by atoms with Crippen LogP contribution in [0.2, 0.25) is 0 Å². The van der Waals surface area contributed by atoms with Gasteiger partial charge in [-0.25, -0.2) is 0 Å². The molecule has 2 rings (SSSR count). The summed E-state index contributed by atoms with van der Waals surface area (Å²) in [6, 6.07) is 12.7. The highest BCUT2D eigenvalue weighted by Crippen LogP contribution is 2.31. The summed E-state index contributed by atoms with van der Waals surface area (Å²) >= 11 is 5.37. The molecule has 0 heterocycles. The van der Waals surface area contributed by atoms with E-state index >= 15 is 0 Å². The maximum atomic E-state index is 9.09. The van der Waals surface area contributed by atoms with E-state index in [1.165, 1.54) is 21.6 Å². The van der Waals surface area contributed by atoms with Gasteiger partial charge in [0.05, 0.1) is 6.61 Å². The largest absolute Gasteiger partial charge is 0.392 e. The van der Waals surface area contributed by atoms with E-state index in [-0.39, 0.29) is 6.61 Å². The monoisotopic (exact) mass is 336 g/mol. The molecule has 100 valence electrons. The summed E-state index contributed by atoms with van der Waals surface area (Å²) in [4.78, 5) is 1.20. The molecule has 0 aromatic heterocycles. The molecule has 0 radical (unpaired) electrons. The van der Waals surface area contributed by atoms with Crippen molar-refractivity contribution in [1.29, 1.82) is 0 Å². The van der Waals surface area contributed by atoms with Gasteiger partial charge in [-0.1, -0.05) is 35.4 Å². The topological polar surface area (TPSA) is 20.2 Å². The van der Waals surface area contributed by atoms with E-state index in [4.69, 9.17) is 5.11 Å². The highest BCUT2D eigenvalue weighted by Gasteiger charge is 2.03. The third kappa shape index (κ3) is 4.10. The molecule has 3 heteroatoms. The minimum Gasteiger partial charge on any atom is -0.392 e. The molecule has 0 aliphatic carbocycles. The van der Waals surface area contributed by atoms with Crippen LogP contribution in [-0.4, -0.2) is 5.11 Å². The van der Waals surface area contributed by atoms with Gasteiger partial charge in [-0.05, 0) is 53.0 Å². The van der Waals surface area contributed by atoms with E-state index in [0.717, 1.165) is 15.8 Å². The lowest BCUT2D eigenvalue weighted by Crippen LogP contribution is -1.87. The zero-order valence-corrected chi connectivity index (χ0v) is 13.5. The number of halogens is 1. The molecule has 2 aromatic carbocycles. The number of aliphatic hydroxyl groups excluding tert-OH is 1. The maximum Gasteiger partial charge on any atom is 0.0682 e. The Hall–Kier alpha value is -0.770. The summed E-state index contributed by atoms with van der Waals surface area (Å²) in [7, 11) is 0. The Kier molecular flexibility index (Phi) is 5.08. The smallest absolute Gasteiger partial charge is 0.0682 e. The van der Waals surface area contributed by atoms with Crippen LogP contribution in [0.25, 0.3) is 0 Å². The lowest BCUT2D eigenvalue weighted by molar-refractivity contribution is 0.281. The van der Waals surface area contributed by atoms with Crippen molar-refractivity contribution in [3.63, 3.8) is 0 Å². The fourth-order valence-electron chi connectivity index (χ4n) is 2.07. The fraction of sp³-hybridized carbons (Fsp3) is 0.250. The molecule has 0 saturated carbocycles. The molecule has 2 aromatic rings. The average Bonchev–Trinajstić information content (AvgIpc) is 2.36. The first-order valence-electron chi connectivity index (χ1n) is 6.18. The molecule has 0 saturated heterocycles. The van der Waals surface area contributed by atoms with Crippen molar-refractivity contribution in [2.75, 3.05) is 0 Å². The Morgan fingerprint density at radius 2 is 1.68 bits per heavy atom. The van der Waals surface area contributed by atoms with Gasteiger partial charge in [-0.2, -0.15) is 0 Å². The van der Waals surface area contributed by atoms with Crippen molar-refractivity contribution in [3.05, 3.63) is 63.1 Å². The standard InChI is InChI=1S/C16H17BrOS/c1-11-5-12(2)7-14(6-11)10-19-16-4-3-13(9-18)8-15(16)17/h3-8,18H,9-10H2,1-2H3. The number of hydrogen-bond acceptors (Lipinski definition) is 2. The van der Waals surface area contributed by atoms with Crippen molar-refractivity contribution >= 4 is 27.7 Å². The highest BCUT2D eigenvalue weighted by molar-refractivity contribution is 9.10. The van der Waals surface area contributed by atoms with Crippen LogP contribution in [-0.2, 0) is 12.4 Å². The first-order valence-corrected chi connectivity index (χ1v) is 7.95. The van der Waals surface area contributed by atoms with Gasteiger partial charge in [0, 0.05) is 15.1 Å². The molecule has 0 spiro atoms. The normalized spacial score (nSPS) is 10.7. The number of hydrogen-bond donors (Lipinski definition) is 1. The Bertz CT molecular complexity index is 561. The lowest BCUT2D eigenvalue weighted by Gasteiger charge is -2.08. The molecule has 19 heavy (non-hydrogen) atoms. The second kappa shape index (κ2) is 6.60. The summed E-state index contributed by atoms with van der Waals surface area (Å²) in [6.07, 6.45) is 0. The summed E-state index contributed by atoms with van der Waals surface area (Å²) < 4.78 is 1.05. The first kappa shape index (κ1) is 14.6. The molecular weight excluding hydrogens is 320 g/mol. The van der Waals surface area contributed by atoms with Crippen LogP contribution >= 0.6 is 27.7 Å². The van der Waals surface area contributed by atoms with Gasteiger partial charge >= 0.3 is 0 Å². The van der Waals surface area contributed by atoms with E-state index in [1.54, 1.807) is 0 Å². The van der Waals surface area contributed by atoms with E-state index < -0.39 is 0 Å². The van der Waals surface area contributed by atoms with Gasteiger partial charge < -0.3 is 5.11 Å². The van der Waals surface area contributed by atoms with Gasteiger partial charge in [0.2, 0.25) is 0 Å². The number of aryl methyl sites for hydroxylation is 2. The zero-order chi connectivity index (χ0) is 13.8. The molecule has 0 atom stereocenters. The molecular formula is C16H17BrOS. The number of thioether (sulfide) groups is 1. The van der Waals surface area contributed by atoms with Gasteiger partial charge in [0.25, 0.3) is 0 Å². The molecule has 0 unspecified atom stereocenters. The van der Waals surface area contributed by atoms with Crippen molar-refractivity contribution in [2.24, 2.45) is 0 Å². The van der Waals surface area contributed by atoms with Gasteiger partial charge in [0.15, 0.2) is 0 Å². The van der Waals surface area contributed by atoms with Gasteiger partial charge in [-0.3, -0.25) is 0 Å². The van der Waals surface area contributed by atoms with Crippen LogP contribution in [0.15, 0.2) is 45.8 Å². The quantitative estimate of drug-likeness (QED) is 0.805. The van der Waals surface area contributed by atoms with Crippen molar-refractivity contribution in [3.8, 4) is 0 Å². The second-order valence-corrected chi connectivity index (χ2v) is 6.58. The number of aliphatic hydroxyl groups is 1. The molecule has 0 aliphatic rings. The third-order valence-electron chi connectivity index (χ3n) is 2.85. The first-order chi connectivity index (χ1) is 9.08. The minimum atomic E-state index is 0.0839. The van der Waals surface area contributed by atoms with Crippen molar-refractivity contribution in [1.82, 2.24) is 0 Å². The van der Waals surface area contributed by atoms with Crippen LogP contribution < -0.4 is 0 Å². The predicted molar refractivity (Wildman–Crippen MR) is 85.5 cm³/mol. The third-order valence-corrected chi connectivity index (χ3v) is 4.92. The van der Waals surface area contributed by atoms with Crippen LogP contribution in [0.3, 0.4) is 0 Å². The fourth-order valence-corrected chi connectivity index (χ4v) is 3.69. The van der Waals surface area contributed by atoms with Crippen molar-refractivity contribution < 1.29 is 5.11 Å². The summed E-state index contributed by atoms with van der Waals surface area (Å²) in [6.45, 7) is 4.35. The van der Waals surface area contributed by atoms with Gasteiger partial charge in [-0.15, -0.1) is 11.8 Å². The Morgan fingerprint density at radius 3 is 2.26 bits per heavy atom. The van der Waals surface area contributed by atoms with Crippen LogP contribution in [0.5, 0.6) is 0 Å². The summed E-state index contributed by atoms with van der Waals surface area (Å²) in [5.41, 5.74) is 4.90. The molecule has 0 fully saturated rings. The molecule has 1 nitrogen and oxygen atoms in total. The molecule has 0 amide bonds. The predicted octanol–water partition coefficient (Wildman–Crippen LogP) is 4.85. The average molecular weight is 337 g/mol. The number of rotatable bonds is 4.